The highest BCUT2D eigenvalue weighted by Gasteiger charge is 2.25. The first-order valence-electron chi connectivity index (χ1n) is 9.42. The van der Waals surface area contributed by atoms with Gasteiger partial charge in [0.1, 0.15) is 10.4 Å². The lowest BCUT2D eigenvalue weighted by Gasteiger charge is -2.34. The number of aromatic carboxylic acids is 1. The zero-order valence-corrected chi connectivity index (χ0v) is 16.8. The second kappa shape index (κ2) is 6.77. The number of pyridine rings is 1. The Hall–Kier alpha value is -3.53. The van der Waals surface area contributed by atoms with E-state index >= 15 is 0 Å². The highest BCUT2D eigenvalue weighted by Crippen LogP contribution is 2.30. The van der Waals surface area contributed by atoms with E-state index in [0.29, 0.717) is 42.6 Å². The van der Waals surface area contributed by atoms with Crippen molar-refractivity contribution < 1.29 is 14.7 Å². The van der Waals surface area contributed by atoms with Crippen molar-refractivity contribution in [2.75, 3.05) is 31.1 Å². The van der Waals surface area contributed by atoms with Crippen LogP contribution in [0, 0.1) is 0 Å². The zero-order chi connectivity index (χ0) is 21.0. The number of piperazine rings is 1. The number of nitrogens with zero attached hydrogens (tertiary/aromatic N) is 5. The molecule has 0 unspecified atom stereocenters. The number of fused-ring (bicyclic) bond motifs is 5. The van der Waals surface area contributed by atoms with Gasteiger partial charge in [-0.05, 0) is 12.1 Å². The van der Waals surface area contributed by atoms with Crippen LogP contribution in [0.5, 0.6) is 0 Å². The van der Waals surface area contributed by atoms with Gasteiger partial charge in [-0.2, -0.15) is 4.98 Å². The van der Waals surface area contributed by atoms with E-state index in [9.17, 15) is 19.5 Å². The molecule has 1 aliphatic heterocycles. The smallest absolute Gasteiger partial charge is 0.342 e. The maximum Gasteiger partial charge on any atom is 0.342 e. The van der Waals surface area contributed by atoms with Crippen molar-refractivity contribution in [3.05, 3.63) is 46.2 Å². The van der Waals surface area contributed by atoms with E-state index in [1.807, 2.05) is 29.2 Å². The summed E-state index contributed by atoms with van der Waals surface area (Å²) in [6.07, 6.45) is 1.41. The van der Waals surface area contributed by atoms with Gasteiger partial charge in [-0.1, -0.05) is 12.1 Å². The van der Waals surface area contributed by atoms with Crippen LogP contribution in [-0.4, -0.2) is 62.4 Å². The number of rotatable bonds is 2. The van der Waals surface area contributed by atoms with Crippen molar-refractivity contribution in [3.8, 4) is 0 Å². The Morgan fingerprint density at radius 1 is 1.13 bits per heavy atom. The summed E-state index contributed by atoms with van der Waals surface area (Å²) in [7, 11) is 0. The SMILES string of the molecule is CC(=O)N1CCN(c2ncc3c(=O)c(C(=O)O)c4sc5ccccc5n4c3n2)CC1. The normalized spacial score (nSPS) is 14.7. The summed E-state index contributed by atoms with van der Waals surface area (Å²) >= 11 is 1.25. The summed E-state index contributed by atoms with van der Waals surface area (Å²) in [4.78, 5) is 49.5. The van der Waals surface area contributed by atoms with Gasteiger partial charge in [0.15, 0.2) is 5.65 Å². The van der Waals surface area contributed by atoms with Crippen molar-refractivity contribution in [3.63, 3.8) is 0 Å². The fraction of sp³-hybridized carbons (Fsp3) is 0.250. The number of hydrogen-bond acceptors (Lipinski definition) is 7. The summed E-state index contributed by atoms with van der Waals surface area (Å²) in [5.41, 5.74) is 0.319. The molecule has 1 aromatic carbocycles. The number of benzene rings is 1. The third-order valence-corrected chi connectivity index (χ3v) is 6.54. The van der Waals surface area contributed by atoms with Crippen LogP contribution < -0.4 is 10.3 Å². The molecule has 1 aliphatic rings. The van der Waals surface area contributed by atoms with Gasteiger partial charge in [-0.3, -0.25) is 14.0 Å². The number of carbonyl (C=O) groups is 2. The molecule has 0 bridgehead atoms. The predicted octanol–water partition coefficient (Wildman–Crippen LogP) is 1.82. The topological polar surface area (TPSA) is 108 Å². The second-order valence-electron chi connectivity index (χ2n) is 7.12. The molecule has 0 saturated carbocycles. The van der Waals surface area contributed by atoms with Crippen LogP contribution in [0.25, 0.3) is 26.1 Å². The van der Waals surface area contributed by atoms with E-state index in [0.717, 1.165) is 10.2 Å². The molecule has 4 aromatic rings. The zero-order valence-electron chi connectivity index (χ0n) is 16.0. The molecule has 10 heteroatoms. The minimum absolute atomic E-state index is 0.0354. The number of para-hydroxylation sites is 1. The molecular weight excluding hydrogens is 406 g/mol. The third-order valence-electron chi connectivity index (χ3n) is 5.39. The van der Waals surface area contributed by atoms with Gasteiger partial charge < -0.3 is 14.9 Å². The van der Waals surface area contributed by atoms with Gasteiger partial charge in [0.25, 0.3) is 0 Å². The molecule has 1 saturated heterocycles. The second-order valence-corrected chi connectivity index (χ2v) is 8.15. The van der Waals surface area contributed by atoms with Gasteiger partial charge in [0, 0.05) is 39.3 Å². The van der Waals surface area contributed by atoms with Gasteiger partial charge in [-0.15, -0.1) is 11.3 Å². The number of carboxylic acid groups (broad SMARTS) is 1. The molecule has 0 aliphatic carbocycles. The monoisotopic (exact) mass is 423 g/mol. The van der Waals surface area contributed by atoms with Crippen LogP contribution in [0.2, 0.25) is 0 Å². The highest BCUT2D eigenvalue weighted by atomic mass is 32.1. The lowest BCUT2D eigenvalue weighted by atomic mass is 10.2. The van der Waals surface area contributed by atoms with Crippen molar-refractivity contribution in [2.24, 2.45) is 0 Å². The summed E-state index contributed by atoms with van der Waals surface area (Å²) in [6.45, 7) is 3.87. The molecule has 0 radical (unpaired) electrons. The van der Waals surface area contributed by atoms with E-state index in [4.69, 9.17) is 0 Å². The number of thiazole rings is 1. The van der Waals surface area contributed by atoms with E-state index in [1.165, 1.54) is 17.5 Å². The maximum atomic E-state index is 12.9. The van der Waals surface area contributed by atoms with Gasteiger partial charge in [0.2, 0.25) is 17.3 Å². The number of anilines is 1. The van der Waals surface area contributed by atoms with Crippen LogP contribution in [-0.2, 0) is 4.79 Å². The van der Waals surface area contributed by atoms with Crippen molar-refractivity contribution >= 4 is 55.2 Å². The first-order valence-corrected chi connectivity index (χ1v) is 10.2. The van der Waals surface area contributed by atoms with Crippen molar-refractivity contribution in [1.29, 1.82) is 0 Å². The Morgan fingerprint density at radius 3 is 2.57 bits per heavy atom. The number of carboxylic acids is 1. The highest BCUT2D eigenvalue weighted by molar-refractivity contribution is 7.24. The molecule has 30 heavy (non-hydrogen) atoms. The molecule has 1 amide bonds. The maximum absolute atomic E-state index is 12.9. The summed E-state index contributed by atoms with van der Waals surface area (Å²) < 4.78 is 2.60. The van der Waals surface area contributed by atoms with Crippen LogP contribution in [0.15, 0.2) is 35.3 Å². The predicted molar refractivity (Wildman–Crippen MR) is 114 cm³/mol. The minimum Gasteiger partial charge on any atom is -0.477 e. The van der Waals surface area contributed by atoms with E-state index in [1.54, 1.807) is 16.2 Å². The molecule has 9 nitrogen and oxygen atoms in total. The average molecular weight is 423 g/mol. The van der Waals surface area contributed by atoms with Crippen LogP contribution in [0.4, 0.5) is 5.95 Å². The molecule has 152 valence electrons. The fourth-order valence-electron chi connectivity index (χ4n) is 3.85. The largest absolute Gasteiger partial charge is 0.477 e. The van der Waals surface area contributed by atoms with Crippen LogP contribution in [0.3, 0.4) is 0 Å². The summed E-state index contributed by atoms with van der Waals surface area (Å²) in [6, 6.07) is 7.50. The van der Waals surface area contributed by atoms with Gasteiger partial charge in [0.05, 0.1) is 15.6 Å². The fourth-order valence-corrected chi connectivity index (χ4v) is 5.03. The lowest BCUT2D eigenvalue weighted by Crippen LogP contribution is -2.48. The summed E-state index contributed by atoms with van der Waals surface area (Å²) in [5, 5.41) is 9.85. The Morgan fingerprint density at radius 2 is 1.87 bits per heavy atom. The Labute approximate surface area is 173 Å². The molecule has 0 atom stereocenters. The standard InChI is InChI=1S/C20H17N5O4S/c1-11(26)23-6-8-24(9-7-23)20-21-10-12-16(27)15(19(28)29)18-25(17(12)22-20)13-4-2-3-5-14(13)30-18/h2-5,10H,6-9H2,1H3,(H,28,29). The summed E-state index contributed by atoms with van der Waals surface area (Å²) in [5.74, 6) is -0.777. The van der Waals surface area contributed by atoms with E-state index < -0.39 is 11.4 Å². The Kier molecular flexibility index (Phi) is 4.17. The van der Waals surface area contributed by atoms with Gasteiger partial charge >= 0.3 is 5.97 Å². The molecule has 0 spiro atoms. The average Bonchev–Trinajstić information content (AvgIpc) is 3.12. The quantitative estimate of drug-likeness (QED) is 0.524. The van der Waals surface area contributed by atoms with Gasteiger partial charge in [-0.25, -0.2) is 9.78 Å². The Bertz CT molecular complexity index is 1400. The van der Waals surface area contributed by atoms with Crippen molar-refractivity contribution in [1.82, 2.24) is 19.3 Å². The van der Waals surface area contributed by atoms with E-state index in [-0.39, 0.29) is 16.9 Å². The molecule has 5 rings (SSSR count). The number of carbonyl (C=O) groups excluding carboxylic acids is 1. The molecule has 1 fully saturated rings. The third kappa shape index (κ3) is 2.71. The number of hydrogen-bond donors (Lipinski definition) is 1. The molecule has 4 heterocycles. The van der Waals surface area contributed by atoms with Crippen molar-refractivity contribution in [2.45, 2.75) is 6.92 Å². The van der Waals surface area contributed by atoms with Crippen LogP contribution >= 0.6 is 11.3 Å². The Balaban J connectivity index is 1.75. The van der Waals surface area contributed by atoms with E-state index in [2.05, 4.69) is 9.97 Å². The number of aromatic nitrogens is 3. The first-order chi connectivity index (χ1) is 14.5. The molecule has 1 N–H and O–H groups in total. The lowest BCUT2D eigenvalue weighted by molar-refractivity contribution is -0.129. The molecule has 3 aromatic heterocycles. The first kappa shape index (κ1) is 18.5. The molecular formula is C20H17N5O4S. The number of amides is 1. The van der Waals surface area contributed by atoms with Crippen LogP contribution in [0.1, 0.15) is 17.3 Å². The minimum atomic E-state index is -1.27.